The number of pyridine rings is 1. The summed E-state index contributed by atoms with van der Waals surface area (Å²) in [6.45, 7) is 3.33. The number of anilines is 2. The van der Waals surface area contributed by atoms with Crippen LogP contribution in [0.5, 0.6) is 0 Å². The Morgan fingerprint density at radius 3 is 2.94 bits per heavy atom. The van der Waals surface area contributed by atoms with Crippen LogP contribution in [-0.4, -0.2) is 33.2 Å². The largest absolute Gasteiger partial charge is 0.383 e. The topological polar surface area (TPSA) is 110 Å². The summed E-state index contributed by atoms with van der Waals surface area (Å²) in [5.41, 5.74) is 11.7. The van der Waals surface area contributed by atoms with Gasteiger partial charge in [0.2, 0.25) is 0 Å². The van der Waals surface area contributed by atoms with Crippen molar-refractivity contribution in [3.05, 3.63) is 46.6 Å². The Kier molecular flexibility index (Phi) is 5.07. The molecule has 9 heteroatoms. The summed E-state index contributed by atoms with van der Waals surface area (Å²) in [6.07, 6.45) is 3.29. The number of aromatic nitrogens is 2. The fraction of sp³-hybridized carbons (Fsp3) is 0.364. The van der Waals surface area contributed by atoms with Crippen LogP contribution in [-0.2, 0) is 27.5 Å². The standard InChI is InChI=1S/C22H23N5O3S/c1-12-2-4-18(13-3-5-19-16(6-13)25-11-31-19)27(8-12)22(29)21(28)26-17-7-24-20(23)15-10-30-9-14(15)17/h3,5-7,11-12,18H,2,4,8-10H2,1H3,(H2,23,24)(H,26,28)/t12-,18+/m0/s1. The molecule has 0 aliphatic carbocycles. The maximum Gasteiger partial charge on any atom is 0.313 e. The number of nitrogen functional groups attached to an aromatic ring is 1. The van der Waals surface area contributed by atoms with Crippen molar-refractivity contribution in [2.75, 3.05) is 17.6 Å². The lowest BCUT2D eigenvalue weighted by Crippen LogP contribution is -2.46. The van der Waals surface area contributed by atoms with E-state index in [1.54, 1.807) is 16.2 Å². The minimum atomic E-state index is -0.672. The first-order valence-electron chi connectivity index (χ1n) is 10.3. The van der Waals surface area contributed by atoms with Crippen LogP contribution in [0.1, 0.15) is 42.5 Å². The maximum absolute atomic E-state index is 13.2. The van der Waals surface area contributed by atoms with Gasteiger partial charge in [-0.05, 0) is 36.5 Å². The number of carbonyl (C=O) groups is 2. The molecule has 2 atom stereocenters. The number of thiazole rings is 1. The van der Waals surface area contributed by atoms with E-state index in [1.807, 2.05) is 23.7 Å². The first kappa shape index (κ1) is 19.9. The number of nitrogens with two attached hydrogens (primary N) is 1. The van der Waals surface area contributed by atoms with Crippen molar-refractivity contribution in [3.8, 4) is 0 Å². The maximum atomic E-state index is 13.2. The quantitative estimate of drug-likeness (QED) is 0.596. The second-order valence-electron chi connectivity index (χ2n) is 8.20. The Morgan fingerprint density at radius 2 is 2.06 bits per heavy atom. The molecule has 160 valence electrons. The molecule has 0 saturated carbocycles. The number of piperidine rings is 1. The number of likely N-dealkylation sites (tertiary alicyclic amines) is 1. The summed E-state index contributed by atoms with van der Waals surface area (Å²) in [6, 6.07) is 5.94. The Balaban J connectivity index is 1.40. The van der Waals surface area contributed by atoms with Gasteiger partial charge in [-0.25, -0.2) is 9.97 Å². The van der Waals surface area contributed by atoms with Crippen molar-refractivity contribution >= 4 is 44.9 Å². The molecule has 3 aromatic rings. The SMILES string of the molecule is C[C@H]1CC[C@H](c2ccc3scnc3c2)N(C(=O)C(=O)Nc2cnc(N)c3c2COC3)C1. The summed E-state index contributed by atoms with van der Waals surface area (Å²) in [5.74, 6) is -0.500. The van der Waals surface area contributed by atoms with E-state index in [-0.39, 0.29) is 6.04 Å². The van der Waals surface area contributed by atoms with Gasteiger partial charge in [-0.2, -0.15) is 0 Å². The molecule has 2 aliphatic rings. The Morgan fingerprint density at radius 1 is 1.23 bits per heavy atom. The third-order valence-corrected chi connectivity index (χ3v) is 6.89. The van der Waals surface area contributed by atoms with E-state index in [4.69, 9.17) is 10.5 Å². The van der Waals surface area contributed by atoms with E-state index in [2.05, 4.69) is 22.2 Å². The molecule has 1 saturated heterocycles. The highest BCUT2D eigenvalue weighted by molar-refractivity contribution is 7.16. The number of benzene rings is 1. The highest BCUT2D eigenvalue weighted by atomic mass is 32.1. The fourth-order valence-electron chi connectivity index (χ4n) is 4.41. The average molecular weight is 438 g/mol. The number of ether oxygens (including phenoxy) is 1. The van der Waals surface area contributed by atoms with Gasteiger partial charge in [0.05, 0.1) is 46.9 Å². The molecular formula is C22H23N5O3S. The van der Waals surface area contributed by atoms with Crippen LogP contribution in [0, 0.1) is 5.92 Å². The molecule has 2 aromatic heterocycles. The summed E-state index contributed by atoms with van der Waals surface area (Å²) in [4.78, 5) is 36.4. The lowest BCUT2D eigenvalue weighted by atomic mass is 9.89. The number of rotatable bonds is 2. The molecule has 31 heavy (non-hydrogen) atoms. The molecule has 1 aromatic carbocycles. The molecule has 3 N–H and O–H groups in total. The minimum absolute atomic E-state index is 0.154. The zero-order valence-corrected chi connectivity index (χ0v) is 17.9. The Bertz CT molecular complexity index is 1180. The van der Waals surface area contributed by atoms with Gasteiger partial charge in [-0.1, -0.05) is 13.0 Å². The third kappa shape index (κ3) is 3.64. The second kappa shape index (κ2) is 7.90. The number of amides is 2. The smallest absolute Gasteiger partial charge is 0.313 e. The van der Waals surface area contributed by atoms with Crippen molar-refractivity contribution in [1.82, 2.24) is 14.9 Å². The van der Waals surface area contributed by atoms with Crippen LogP contribution in [0.25, 0.3) is 10.2 Å². The van der Waals surface area contributed by atoms with Crippen molar-refractivity contribution in [2.24, 2.45) is 5.92 Å². The van der Waals surface area contributed by atoms with E-state index in [0.29, 0.717) is 37.2 Å². The number of hydrogen-bond acceptors (Lipinski definition) is 7. The lowest BCUT2D eigenvalue weighted by molar-refractivity contribution is -0.146. The highest BCUT2D eigenvalue weighted by Crippen LogP contribution is 2.35. The normalized spacial score (nSPS) is 20.6. The van der Waals surface area contributed by atoms with Crippen LogP contribution in [0.3, 0.4) is 0 Å². The van der Waals surface area contributed by atoms with Gasteiger partial charge in [0.15, 0.2) is 0 Å². The molecule has 0 unspecified atom stereocenters. The molecule has 4 heterocycles. The average Bonchev–Trinajstić information content (AvgIpc) is 3.44. The Labute approximate surface area is 183 Å². The van der Waals surface area contributed by atoms with E-state index in [1.165, 1.54) is 6.20 Å². The van der Waals surface area contributed by atoms with Crippen LogP contribution < -0.4 is 11.1 Å². The predicted molar refractivity (Wildman–Crippen MR) is 118 cm³/mol. The van der Waals surface area contributed by atoms with Crippen LogP contribution in [0.4, 0.5) is 11.5 Å². The van der Waals surface area contributed by atoms with E-state index in [0.717, 1.165) is 39.7 Å². The van der Waals surface area contributed by atoms with E-state index < -0.39 is 11.8 Å². The summed E-state index contributed by atoms with van der Waals surface area (Å²) < 4.78 is 6.55. The van der Waals surface area contributed by atoms with Gasteiger partial charge in [0, 0.05) is 17.7 Å². The van der Waals surface area contributed by atoms with Crippen molar-refractivity contribution in [3.63, 3.8) is 0 Å². The van der Waals surface area contributed by atoms with Gasteiger partial charge in [0.1, 0.15) is 5.82 Å². The molecule has 0 spiro atoms. The number of carbonyl (C=O) groups excluding carboxylic acids is 2. The summed E-state index contributed by atoms with van der Waals surface area (Å²) in [7, 11) is 0. The molecule has 0 bridgehead atoms. The summed E-state index contributed by atoms with van der Waals surface area (Å²) in [5, 5.41) is 2.74. The first-order valence-corrected chi connectivity index (χ1v) is 11.2. The third-order valence-electron chi connectivity index (χ3n) is 6.08. The zero-order valence-electron chi connectivity index (χ0n) is 17.1. The zero-order chi connectivity index (χ0) is 21.5. The van der Waals surface area contributed by atoms with Gasteiger partial charge in [0.25, 0.3) is 0 Å². The number of hydrogen-bond donors (Lipinski definition) is 2. The van der Waals surface area contributed by atoms with E-state index >= 15 is 0 Å². The molecule has 0 radical (unpaired) electrons. The Hall–Kier alpha value is -3.04. The summed E-state index contributed by atoms with van der Waals surface area (Å²) >= 11 is 1.59. The van der Waals surface area contributed by atoms with E-state index in [9.17, 15) is 9.59 Å². The molecule has 1 fully saturated rings. The molecule has 8 nitrogen and oxygen atoms in total. The van der Waals surface area contributed by atoms with Crippen LogP contribution >= 0.6 is 11.3 Å². The predicted octanol–water partition coefficient (Wildman–Crippen LogP) is 3.24. The van der Waals surface area contributed by atoms with Crippen molar-refractivity contribution < 1.29 is 14.3 Å². The van der Waals surface area contributed by atoms with Gasteiger partial charge in [-0.3, -0.25) is 9.59 Å². The van der Waals surface area contributed by atoms with Gasteiger partial charge in [-0.15, -0.1) is 11.3 Å². The van der Waals surface area contributed by atoms with Crippen LogP contribution in [0.15, 0.2) is 29.9 Å². The monoisotopic (exact) mass is 437 g/mol. The van der Waals surface area contributed by atoms with Crippen LogP contribution in [0.2, 0.25) is 0 Å². The lowest BCUT2D eigenvalue weighted by Gasteiger charge is -2.38. The van der Waals surface area contributed by atoms with Gasteiger partial charge >= 0.3 is 11.8 Å². The van der Waals surface area contributed by atoms with Gasteiger partial charge < -0.3 is 20.7 Å². The fourth-order valence-corrected chi connectivity index (χ4v) is 5.07. The first-order chi connectivity index (χ1) is 15.0. The molecule has 2 aliphatic heterocycles. The number of nitrogens with one attached hydrogen (secondary N) is 1. The molecule has 5 rings (SSSR count). The van der Waals surface area contributed by atoms with Crippen molar-refractivity contribution in [1.29, 1.82) is 0 Å². The molecular weight excluding hydrogens is 414 g/mol. The minimum Gasteiger partial charge on any atom is -0.383 e. The van der Waals surface area contributed by atoms with Crippen molar-refractivity contribution in [2.45, 2.75) is 39.0 Å². The highest BCUT2D eigenvalue weighted by Gasteiger charge is 2.35. The number of nitrogens with zero attached hydrogens (tertiary/aromatic N) is 3. The number of fused-ring (bicyclic) bond motifs is 2. The molecule has 2 amide bonds. The second-order valence-corrected chi connectivity index (χ2v) is 9.08.